The van der Waals surface area contributed by atoms with Crippen LogP contribution in [0.4, 0.5) is 23.1 Å². The van der Waals surface area contributed by atoms with Gasteiger partial charge in [-0.3, -0.25) is 0 Å². The summed E-state index contributed by atoms with van der Waals surface area (Å²) in [4.78, 5) is 6.50. The van der Waals surface area contributed by atoms with Crippen molar-refractivity contribution in [2.75, 3.05) is 36.7 Å². The Kier molecular flexibility index (Phi) is 5.48. The zero-order chi connectivity index (χ0) is 18.4. The van der Waals surface area contributed by atoms with Gasteiger partial charge in [-0.2, -0.15) is 10.1 Å². The van der Waals surface area contributed by atoms with Crippen LogP contribution >= 0.6 is 0 Å². The molecule has 134 valence electrons. The van der Waals surface area contributed by atoms with E-state index in [-0.39, 0.29) is 0 Å². The molecule has 0 amide bonds. The largest absolute Gasteiger partial charge is 0.496 e. The Bertz CT molecular complexity index is 851. The van der Waals surface area contributed by atoms with E-state index in [1.807, 2.05) is 62.6 Å². The minimum Gasteiger partial charge on any atom is -0.496 e. The van der Waals surface area contributed by atoms with Gasteiger partial charge in [-0.25, -0.2) is 0 Å². The fraction of sp³-hybridized carbons (Fsp3) is 0.211. The maximum absolute atomic E-state index is 5.35. The molecule has 1 heterocycles. The van der Waals surface area contributed by atoms with Gasteiger partial charge in [0.15, 0.2) is 5.82 Å². The minimum atomic E-state index is 0.450. The highest BCUT2D eigenvalue weighted by Gasteiger charge is 2.05. The second-order valence-corrected chi connectivity index (χ2v) is 5.90. The summed E-state index contributed by atoms with van der Waals surface area (Å²) in [5.41, 5.74) is 3.10. The van der Waals surface area contributed by atoms with E-state index in [9.17, 15) is 0 Å². The number of rotatable bonds is 7. The Morgan fingerprint density at radius 1 is 1.04 bits per heavy atom. The molecule has 7 nitrogen and oxygen atoms in total. The Morgan fingerprint density at radius 2 is 1.81 bits per heavy atom. The van der Waals surface area contributed by atoms with Gasteiger partial charge >= 0.3 is 0 Å². The topological polar surface area (TPSA) is 75.2 Å². The number of anilines is 4. The van der Waals surface area contributed by atoms with E-state index >= 15 is 0 Å². The van der Waals surface area contributed by atoms with Crippen molar-refractivity contribution in [3.05, 3.63) is 60.3 Å². The molecule has 0 aliphatic heterocycles. The zero-order valence-corrected chi connectivity index (χ0v) is 15.1. The lowest BCUT2D eigenvalue weighted by atomic mass is 10.2. The van der Waals surface area contributed by atoms with Crippen molar-refractivity contribution < 1.29 is 4.74 Å². The maximum Gasteiger partial charge on any atom is 0.244 e. The van der Waals surface area contributed by atoms with Crippen LogP contribution < -0.4 is 20.3 Å². The van der Waals surface area contributed by atoms with Crippen molar-refractivity contribution >= 4 is 23.1 Å². The van der Waals surface area contributed by atoms with Crippen molar-refractivity contribution in [3.8, 4) is 5.75 Å². The van der Waals surface area contributed by atoms with Gasteiger partial charge in [-0.1, -0.05) is 18.2 Å². The lowest BCUT2D eigenvalue weighted by Crippen LogP contribution is -2.08. The van der Waals surface area contributed by atoms with E-state index in [4.69, 9.17) is 4.74 Å². The molecule has 0 fully saturated rings. The van der Waals surface area contributed by atoms with Crippen LogP contribution in [0.3, 0.4) is 0 Å². The lowest BCUT2D eigenvalue weighted by Gasteiger charge is -2.13. The average Bonchev–Trinajstić information content (AvgIpc) is 2.67. The van der Waals surface area contributed by atoms with Gasteiger partial charge in [0.05, 0.1) is 13.3 Å². The summed E-state index contributed by atoms with van der Waals surface area (Å²) in [7, 11) is 5.68. The van der Waals surface area contributed by atoms with Gasteiger partial charge in [0.1, 0.15) is 5.75 Å². The fourth-order valence-electron chi connectivity index (χ4n) is 2.45. The van der Waals surface area contributed by atoms with Crippen LogP contribution in [0.2, 0.25) is 0 Å². The molecule has 2 aromatic carbocycles. The van der Waals surface area contributed by atoms with Crippen LogP contribution in [-0.2, 0) is 6.54 Å². The number of methoxy groups -OCH3 is 1. The molecular weight excluding hydrogens is 328 g/mol. The molecule has 0 unspecified atom stereocenters. The molecule has 1 aromatic heterocycles. The summed E-state index contributed by atoms with van der Waals surface area (Å²) in [6.07, 6.45) is 1.59. The van der Waals surface area contributed by atoms with E-state index in [1.54, 1.807) is 13.3 Å². The number of ether oxygens (including phenoxy) is 1. The number of hydrogen-bond acceptors (Lipinski definition) is 7. The van der Waals surface area contributed by atoms with Crippen LogP contribution in [0.25, 0.3) is 0 Å². The minimum absolute atomic E-state index is 0.450. The smallest absolute Gasteiger partial charge is 0.244 e. The number of para-hydroxylation sites is 1. The van der Waals surface area contributed by atoms with Gasteiger partial charge in [-0.05, 0) is 30.3 Å². The molecule has 26 heavy (non-hydrogen) atoms. The molecule has 0 atom stereocenters. The third kappa shape index (κ3) is 4.38. The first-order chi connectivity index (χ1) is 12.7. The van der Waals surface area contributed by atoms with Gasteiger partial charge in [0.25, 0.3) is 0 Å². The number of benzene rings is 2. The predicted octanol–water partition coefficient (Wildman–Crippen LogP) is 3.30. The molecular formula is C19H22N6O. The first-order valence-electron chi connectivity index (χ1n) is 8.25. The van der Waals surface area contributed by atoms with Crippen LogP contribution in [0.1, 0.15) is 5.56 Å². The SMILES string of the molecule is COc1ccccc1CNc1nncc(Nc2ccc(N(C)C)cc2)n1. The Balaban J connectivity index is 1.66. The highest BCUT2D eigenvalue weighted by molar-refractivity contribution is 5.60. The van der Waals surface area contributed by atoms with Crippen LogP contribution in [0.15, 0.2) is 54.7 Å². The van der Waals surface area contributed by atoms with Gasteiger partial charge < -0.3 is 20.3 Å². The molecule has 0 spiro atoms. The summed E-state index contributed by atoms with van der Waals surface area (Å²) in [6.45, 7) is 0.548. The van der Waals surface area contributed by atoms with Gasteiger partial charge in [-0.15, -0.1) is 5.10 Å². The van der Waals surface area contributed by atoms with Crippen molar-refractivity contribution in [2.24, 2.45) is 0 Å². The third-order valence-corrected chi connectivity index (χ3v) is 3.84. The number of aromatic nitrogens is 3. The number of hydrogen-bond donors (Lipinski definition) is 2. The van der Waals surface area contributed by atoms with Crippen molar-refractivity contribution in [2.45, 2.75) is 6.54 Å². The molecule has 0 aliphatic rings. The Labute approximate surface area is 153 Å². The van der Waals surface area contributed by atoms with E-state index in [1.165, 1.54) is 0 Å². The van der Waals surface area contributed by atoms with Crippen LogP contribution in [0, 0.1) is 0 Å². The van der Waals surface area contributed by atoms with Crippen molar-refractivity contribution in [1.82, 2.24) is 15.2 Å². The molecule has 2 N–H and O–H groups in total. The van der Waals surface area contributed by atoms with Crippen molar-refractivity contribution in [1.29, 1.82) is 0 Å². The highest BCUT2D eigenvalue weighted by Crippen LogP contribution is 2.20. The molecule has 0 bridgehead atoms. The average molecular weight is 350 g/mol. The molecule has 3 rings (SSSR count). The second-order valence-electron chi connectivity index (χ2n) is 5.90. The molecule has 0 radical (unpaired) electrons. The monoisotopic (exact) mass is 350 g/mol. The molecule has 0 aliphatic carbocycles. The second kappa shape index (κ2) is 8.15. The summed E-state index contributed by atoms with van der Waals surface area (Å²) < 4.78 is 5.35. The molecule has 0 saturated heterocycles. The summed E-state index contributed by atoms with van der Waals surface area (Å²) >= 11 is 0. The predicted molar refractivity (Wildman–Crippen MR) is 104 cm³/mol. The summed E-state index contributed by atoms with van der Waals surface area (Å²) in [5.74, 6) is 1.90. The maximum atomic E-state index is 5.35. The standard InChI is InChI=1S/C19H22N6O/c1-25(2)16-10-8-15(9-11-16)22-18-13-21-24-19(23-18)20-12-14-6-4-5-7-17(14)26-3/h4-11,13H,12H2,1-3H3,(H2,20,22,23,24). The molecule has 7 heteroatoms. The number of nitrogens with one attached hydrogen (secondary N) is 2. The van der Waals surface area contributed by atoms with Gasteiger partial charge in [0.2, 0.25) is 5.95 Å². The Morgan fingerprint density at radius 3 is 2.54 bits per heavy atom. The lowest BCUT2D eigenvalue weighted by molar-refractivity contribution is 0.410. The van der Waals surface area contributed by atoms with Gasteiger partial charge in [0, 0.05) is 37.6 Å². The van der Waals surface area contributed by atoms with Crippen LogP contribution in [-0.4, -0.2) is 36.4 Å². The number of nitrogens with zero attached hydrogens (tertiary/aromatic N) is 4. The van der Waals surface area contributed by atoms with E-state index < -0.39 is 0 Å². The quantitative estimate of drug-likeness (QED) is 0.677. The summed E-state index contributed by atoms with van der Waals surface area (Å²) in [6, 6.07) is 15.9. The van der Waals surface area contributed by atoms with E-state index in [2.05, 4.69) is 30.7 Å². The molecule has 0 saturated carbocycles. The highest BCUT2D eigenvalue weighted by atomic mass is 16.5. The van der Waals surface area contributed by atoms with Crippen LogP contribution in [0.5, 0.6) is 5.75 Å². The normalized spacial score (nSPS) is 10.3. The molecule has 3 aromatic rings. The first-order valence-corrected chi connectivity index (χ1v) is 8.25. The summed E-state index contributed by atoms with van der Waals surface area (Å²) in [5, 5.41) is 14.4. The fourth-order valence-corrected chi connectivity index (χ4v) is 2.45. The zero-order valence-electron chi connectivity index (χ0n) is 15.1. The third-order valence-electron chi connectivity index (χ3n) is 3.84. The Hall–Kier alpha value is -3.35. The van der Waals surface area contributed by atoms with Crippen molar-refractivity contribution in [3.63, 3.8) is 0 Å². The first kappa shape index (κ1) is 17.5. The van der Waals surface area contributed by atoms with E-state index in [0.717, 1.165) is 22.7 Å². The van der Waals surface area contributed by atoms with E-state index in [0.29, 0.717) is 18.3 Å².